The van der Waals surface area contributed by atoms with Gasteiger partial charge in [-0.2, -0.15) is 0 Å². The highest BCUT2D eigenvalue weighted by atomic mass is 15.2. The highest BCUT2D eigenvalue weighted by Crippen LogP contribution is 2.47. The molecule has 0 saturated heterocycles. The molecular formula is C108H102N4. The van der Waals surface area contributed by atoms with Crippen LogP contribution in [0.5, 0.6) is 0 Å². The number of rotatable bonds is 24. The van der Waals surface area contributed by atoms with Gasteiger partial charge < -0.3 is 19.6 Å². The van der Waals surface area contributed by atoms with E-state index in [1.165, 1.54) is 66.8 Å². The molecule has 0 atom stereocenters. The second-order valence-corrected chi connectivity index (χ2v) is 33.1. The summed E-state index contributed by atoms with van der Waals surface area (Å²) in [6.45, 7) is 27.8. The molecule has 554 valence electrons. The van der Waals surface area contributed by atoms with Gasteiger partial charge in [0, 0.05) is 101 Å². The first-order chi connectivity index (χ1) is 54.1. The van der Waals surface area contributed by atoms with Crippen molar-refractivity contribution in [2.24, 2.45) is 0 Å². The Morgan fingerprint density at radius 3 is 0.286 bits per heavy atom. The predicted molar refractivity (Wildman–Crippen MR) is 477 cm³/mol. The smallest absolute Gasteiger partial charge is 0.0463 e. The van der Waals surface area contributed by atoms with Gasteiger partial charge in [-0.15, -0.1) is 0 Å². The molecule has 0 aliphatic rings. The van der Waals surface area contributed by atoms with Gasteiger partial charge >= 0.3 is 0 Å². The van der Waals surface area contributed by atoms with Crippen molar-refractivity contribution < 1.29 is 0 Å². The number of hydrogen-bond acceptors (Lipinski definition) is 4. The van der Waals surface area contributed by atoms with Crippen LogP contribution in [0.2, 0.25) is 0 Å². The summed E-state index contributed by atoms with van der Waals surface area (Å²) in [5, 5.41) is 0. The van der Waals surface area contributed by atoms with Gasteiger partial charge in [-0.25, -0.2) is 0 Å². The summed E-state index contributed by atoms with van der Waals surface area (Å²) < 4.78 is 0. The van der Waals surface area contributed by atoms with Crippen LogP contribution >= 0.6 is 0 Å². The molecule has 4 nitrogen and oxygen atoms in total. The molecule has 0 amide bonds. The largest absolute Gasteiger partial charge is 0.311 e. The van der Waals surface area contributed by atoms with Gasteiger partial charge in [0.15, 0.2) is 0 Å². The lowest BCUT2D eigenvalue weighted by Crippen LogP contribution is -2.20. The Labute approximate surface area is 666 Å². The molecule has 0 aliphatic carbocycles. The average Bonchev–Trinajstić information content (AvgIpc) is 0.768. The fraction of sp³-hybridized carbons (Fsp3) is 0.167. The SMILES string of the molecule is CC(C)(c1ccccc1)c1ccc(N(c2ccc(N(c3ccc(N(c4ccc(C(C)(C)c5ccccc5)cc4)c4ccc(C(C)(C)c5ccccc5)cc4)cc3)c3ccc(N(c4ccc(C(C)(C)c5ccccc5)cc4)c4ccc(C(C)(C)c5ccccc5)cc4)cc3)cc2)c2ccc(C(C)(C)c3ccccc3)cc2)cc1. The first-order valence-corrected chi connectivity index (χ1v) is 39.5. The van der Waals surface area contributed by atoms with E-state index in [-0.39, 0.29) is 32.5 Å². The Kier molecular flexibility index (Phi) is 20.8. The minimum absolute atomic E-state index is 0.206. The summed E-state index contributed by atoms with van der Waals surface area (Å²) in [5.41, 5.74) is 26.5. The number of nitrogens with zero attached hydrogens (tertiary/aromatic N) is 4. The normalized spacial score (nSPS) is 12.1. The minimum atomic E-state index is -0.206. The Hall–Kier alpha value is -12.5. The third-order valence-electron chi connectivity index (χ3n) is 24.2. The summed E-state index contributed by atoms with van der Waals surface area (Å²) in [5.74, 6) is 0. The van der Waals surface area contributed by atoms with Crippen LogP contribution in [0.3, 0.4) is 0 Å². The number of anilines is 12. The maximum atomic E-state index is 2.40. The minimum Gasteiger partial charge on any atom is -0.311 e. The highest BCUT2D eigenvalue weighted by molar-refractivity contribution is 5.86. The topological polar surface area (TPSA) is 13.0 Å². The van der Waals surface area contributed by atoms with Crippen molar-refractivity contribution in [1.82, 2.24) is 0 Å². The third kappa shape index (κ3) is 15.1. The van der Waals surface area contributed by atoms with Crippen molar-refractivity contribution in [2.45, 2.75) is 116 Å². The van der Waals surface area contributed by atoms with E-state index < -0.39 is 0 Å². The van der Waals surface area contributed by atoms with E-state index >= 15 is 0 Å². The molecule has 15 rings (SSSR count). The molecule has 0 saturated carbocycles. The van der Waals surface area contributed by atoms with Crippen LogP contribution in [-0.2, 0) is 32.5 Å². The van der Waals surface area contributed by atoms with Crippen molar-refractivity contribution in [3.63, 3.8) is 0 Å². The molecule has 0 aliphatic heterocycles. The summed E-state index contributed by atoms with van der Waals surface area (Å²) in [7, 11) is 0. The zero-order chi connectivity index (χ0) is 77.8. The van der Waals surface area contributed by atoms with E-state index in [2.05, 4.69) is 503 Å². The Balaban J connectivity index is 0.849. The summed E-state index contributed by atoms with van der Waals surface area (Å²) >= 11 is 0. The van der Waals surface area contributed by atoms with Crippen LogP contribution in [0.1, 0.15) is 150 Å². The van der Waals surface area contributed by atoms with Crippen LogP contribution in [0, 0.1) is 0 Å². The lowest BCUT2D eigenvalue weighted by atomic mass is 9.78. The molecule has 0 unspecified atom stereocenters. The van der Waals surface area contributed by atoms with Gasteiger partial charge in [-0.05, 0) is 212 Å². The average molecular weight is 1460 g/mol. The first-order valence-electron chi connectivity index (χ1n) is 39.5. The lowest BCUT2D eigenvalue weighted by molar-refractivity contribution is 0.640. The van der Waals surface area contributed by atoms with Crippen LogP contribution in [0.15, 0.2) is 400 Å². The van der Waals surface area contributed by atoms with E-state index in [1.54, 1.807) is 0 Å². The first kappa shape index (κ1) is 74.9. The standard InChI is InChI=1S/C108H102N4/c1-103(2,79-31-19-13-20-32-79)85-43-55-91(56-44-85)109(92-57-45-86(46-58-92)104(3,4)80-33-21-14-22-34-80)97-67-73-100(74-68-97)112(101-75-69-98(70-76-101)110(93-59-47-87(48-60-93)105(5,6)81-35-23-15-24-36-81)94-61-49-88(50-62-94)106(7,8)82-37-25-16-26-38-82)102-77-71-99(72-78-102)111(95-63-51-89(52-64-95)107(9,10)83-39-27-17-28-40-83)96-65-53-90(54-66-96)108(11,12)84-41-29-18-30-42-84/h13-78H,1-12H3. The quantitative estimate of drug-likeness (QED) is 0.0598. The summed E-state index contributed by atoms with van der Waals surface area (Å²) in [6, 6.07) is 148. The lowest BCUT2D eigenvalue weighted by Gasteiger charge is -2.32. The summed E-state index contributed by atoms with van der Waals surface area (Å²) in [6.07, 6.45) is 0. The van der Waals surface area contributed by atoms with Gasteiger partial charge in [0.25, 0.3) is 0 Å². The van der Waals surface area contributed by atoms with E-state index in [0.29, 0.717) is 0 Å². The van der Waals surface area contributed by atoms with Gasteiger partial charge in [-0.1, -0.05) is 338 Å². The molecule has 0 radical (unpaired) electrons. The second kappa shape index (κ2) is 31.1. The van der Waals surface area contributed by atoms with Crippen LogP contribution in [-0.4, -0.2) is 0 Å². The van der Waals surface area contributed by atoms with Gasteiger partial charge in [0.1, 0.15) is 0 Å². The van der Waals surface area contributed by atoms with E-state index in [4.69, 9.17) is 0 Å². The summed E-state index contributed by atoms with van der Waals surface area (Å²) in [4.78, 5) is 9.59. The van der Waals surface area contributed by atoms with Crippen molar-refractivity contribution in [2.75, 3.05) is 19.6 Å². The molecule has 0 bridgehead atoms. The van der Waals surface area contributed by atoms with E-state index in [0.717, 1.165) is 68.2 Å². The van der Waals surface area contributed by atoms with Gasteiger partial charge in [-0.3, -0.25) is 0 Å². The highest BCUT2D eigenvalue weighted by Gasteiger charge is 2.31. The third-order valence-corrected chi connectivity index (χ3v) is 24.2. The predicted octanol–water partition coefficient (Wildman–Crippen LogP) is 29.5. The van der Waals surface area contributed by atoms with Crippen molar-refractivity contribution >= 4 is 68.2 Å². The van der Waals surface area contributed by atoms with Crippen LogP contribution in [0.4, 0.5) is 68.2 Å². The van der Waals surface area contributed by atoms with Crippen molar-refractivity contribution in [3.8, 4) is 0 Å². The van der Waals surface area contributed by atoms with Crippen molar-refractivity contribution in [3.05, 3.63) is 467 Å². The molecule has 15 aromatic rings. The zero-order valence-corrected chi connectivity index (χ0v) is 66.9. The second-order valence-electron chi connectivity index (χ2n) is 33.1. The Morgan fingerprint density at radius 2 is 0.188 bits per heavy atom. The molecule has 15 aromatic carbocycles. The fourth-order valence-corrected chi connectivity index (χ4v) is 16.3. The van der Waals surface area contributed by atoms with E-state index in [1.807, 2.05) is 0 Å². The Bertz CT molecular complexity index is 4720. The van der Waals surface area contributed by atoms with Gasteiger partial charge in [0.05, 0.1) is 0 Å². The molecule has 0 heterocycles. The molecule has 4 heteroatoms. The number of benzene rings is 15. The fourth-order valence-electron chi connectivity index (χ4n) is 16.3. The molecule has 112 heavy (non-hydrogen) atoms. The molecular weight excluding hydrogens is 1350 g/mol. The maximum absolute atomic E-state index is 2.40. The zero-order valence-electron chi connectivity index (χ0n) is 66.9. The van der Waals surface area contributed by atoms with Crippen LogP contribution < -0.4 is 19.6 Å². The van der Waals surface area contributed by atoms with Crippen LogP contribution in [0.25, 0.3) is 0 Å². The van der Waals surface area contributed by atoms with Crippen molar-refractivity contribution in [1.29, 1.82) is 0 Å². The van der Waals surface area contributed by atoms with Gasteiger partial charge in [0.2, 0.25) is 0 Å². The maximum Gasteiger partial charge on any atom is 0.0463 e. The molecule has 0 spiro atoms. The Morgan fingerprint density at radius 1 is 0.107 bits per heavy atom. The number of hydrogen-bond donors (Lipinski definition) is 0. The van der Waals surface area contributed by atoms with E-state index in [9.17, 15) is 0 Å². The molecule has 0 N–H and O–H groups in total. The monoisotopic (exact) mass is 1450 g/mol. The molecule has 0 fully saturated rings. The molecule has 0 aromatic heterocycles.